The summed E-state index contributed by atoms with van der Waals surface area (Å²) in [6.45, 7) is 3.33. The number of halogens is 1. The third kappa shape index (κ3) is 3.05. The number of rotatable bonds is 5. The molecule has 1 atom stereocenters. The smallest absolute Gasteiger partial charge is 0.329 e. The van der Waals surface area contributed by atoms with E-state index in [9.17, 15) is 19.1 Å². The minimum absolute atomic E-state index is 0.304. The second-order valence-corrected chi connectivity index (χ2v) is 6.19. The molecule has 0 aliphatic heterocycles. The molecule has 4 nitrogen and oxygen atoms in total. The molecule has 1 unspecified atom stereocenters. The summed E-state index contributed by atoms with van der Waals surface area (Å²) >= 11 is 1.15. The SMILES string of the molecule is CCCC(C)(NC(=O)c1cc2c(F)cccc2s1)C(=O)O. The fraction of sp³-hybridized carbons (Fsp3) is 0.333. The van der Waals surface area contributed by atoms with Gasteiger partial charge in [0, 0.05) is 10.1 Å². The van der Waals surface area contributed by atoms with Crippen molar-refractivity contribution in [2.24, 2.45) is 0 Å². The van der Waals surface area contributed by atoms with E-state index in [1.54, 1.807) is 12.1 Å². The first-order valence-electron chi connectivity index (χ1n) is 6.61. The number of aliphatic carboxylic acids is 1. The molecule has 0 bridgehead atoms. The Morgan fingerprint density at radius 3 is 2.71 bits per heavy atom. The normalized spacial score (nSPS) is 13.9. The lowest BCUT2D eigenvalue weighted by molar-refractivity contribution is -0.144. The van der Waals surface area contributed by atoms with Gasteiger partial charge in [0.15, 0.2) is 0 Å². The third-order valence-electron chi connectivity index (χ3n) is 3.34. The van der Waals surface area contributed by atoms with Crippen molar-refractivity contribution in [3.63, 3.8) is 0 Å². The Bertz CT molecular complexity index is 697. The van der Waals surface area contributed by atoms with Crippen LogP contribution in [0.15, 0.2) is 24.3 Å². The Labute approximate surface area is 125 Å². The van der Waals surface area contributed by atoms with E-state index in [-0.39, 0.29) is 0 Å². The van der Waals surface area contributed by atoms with Gasteiger partial charge in [-0.15, -0.1) is 11.3 Å². The van der Waals surface area contributed by atoms with Gasteiger partial charge >= 0.3 is 5.97 Å². The predicted octanol–water partition coefficient (Wildman–Crippen LogP) is 3.41. The fourth-order valence-electron chi connectivity index (χ4n) is 2.17. The molecule has 1 aromatic carbocycles. The molecular weight excluding hydrogens is 293 g/mol. The molecule has 1 amide bonds. The maximum atomic E-state index is 13.6. The van der Waals surface area contributed by atoms with E-state index >= 15 is 0 Å². The number of carboxylic acid groups (broad SMARTS) is 1. The van der Waals surface area contributed by atoms with Crippen LogP contribution in [0.1, 0.15) is 36.4 Å². The summed E-state index contributed by atoms with van der Waals surface area (Å²) in [7, 11) is 0. The third-order valence-corrected chi connectivity index (χ3v) is 4.44. The van der Waals surface area contributed by atoms with Crippen LogP contribution in [0.5, 0.6) is 0 Å². The van der Waals surface area contributed by atoms with Crippen molar-refractivity contribution in [1.29, 1.82) is 0 Å². The van der Waals surface area contributed by atoms with Crippen LogP contribution in [0.4, 0.5) is 4.39 Å². The summed E-state index contributed by atoms with van der Waals surface area (Å²) in [5.41, 5.74) is -1.32. The highest BCUT2D eigenvalue weighted by atomic mass is 32.1. The second kappa shape index (κ2) is 5.81. The highest BCUT2D eigenvalue weighted by molar-refractivity contribution is 7.20. The number of hydrogen-bond donors (Lipinski definition) is 2. The number of benzene rings is 1. The van der Waals surface area contributed by atoms with Crippen molar-refractivity contribution >= 4 is 33.3 Å². The van der Waals surface area contributed by atoms with Gasteiger partial charge in [0.05, 0.1) is 4.88 Å². The van der Waals surface area contributed by atoms with E-state index < -0.39 is 23.2 Å². The van der Waals surface area contributed by atoms with E-state index in [1.165, 1.54) is 19.1 Å². The molecule has 6 heteroatoms. The van der Waals surface area contributed by atoms with Crippen molar-refractivity contribution in [1.82, 2.24) is 5.32 Å². The van der Waals surface area contributed by atoms with Crippen LogP contribution in [0.2, 0.25) is 0 Å². The Morgan fingerprint density at radius 2 is 2.14 bits per heavy atom. The number of nitrogens with one attached hydrogen (secondary N) is 1. The molecule has 2 aromatic rings. The first-order chi connectivity index (χ1) is 9.87. The Hall–Kier alpha value is -1.95. The summed E-state index contributed by atoms with van der Waals surface area (Å²) in [4.78, 5) is 23.9. The van der Waals surface area contributed by atoms with Gasteiger partial charge in [0.25, 0.3) is 5.91 Å². The van der Waals surface area contributed by atoms with Crippen molar-refractivity contribution < 1.29 is 19.1 Å². The summed E-state index contributed by atoms with van der Waals surface area (Å²) in [6.07, 6.45) is 0.956. The summed E-state index contributed by atoms with van der Waals surface area (Å²) < 4.78 is 14.3. The zero-order chi connectivity index (χ0) is 15.6. The van der Waals surface area contributed by atoms with Crippen molar-refractivity contribution in [3.8, 4) is 0 Å². The quantitative estimate of drug-likeness (QED) is 0.889. The van der Waals surface area contributed by atoms with Gasteiger partial charge in [-0.1, -0.05) is 19.4 Å². The topological polar surface area (TPSA) is 66.4 Å². The van der Waals surface area contributed by atoms with Crippen molar-refractivity contribution in [2.45, 2.75) is 32.2 Å². The number of carboxylic acids is 1. The van der Waals surface area contributed by atoms with E-state index in [4.69, 9.17) is 0 Å². The first kappa shape index (κ1) is 15.4. The zero-order valence-corrected chi connectivity index (χ0v) is 12.6. The number of fused-ring (bicyclic) bond motifs is 1. The van der Waals surface area contributed by atoms with E-state index in [2.05, 4.69) is 5.32 Å². The lowest BCUT2D eigenvalue weighted by Gasteiger charge is -2.25. The predicted molar refractivity (Wildman–Crippen MR) is 80.2 cm³/mol. The summed E-state index contributed by atoms with van der Waals surface area (Å²) in [5, 5.41) is 12.2. The molecule has 1 heterocycles. The number of thiophene rings is 1. The highest BCUT2D eigenvalue weighted by Crippen LogP contribution is 2.28. The number of amides is 1. The van der Waals surface area contributed by atoms with Crippen molar-refractivity contribution in [3.05, 3.63) is 35.0 Å². The van der Waals surface area contributed by atoms with E-state index in [0.717, 1.165) is 11.3 Å². The minimum atomic E-state index is -1.32. The van der Waals surface area contributed by atoms with Crippen LogP contribution >= 0.6 is 11.3 Å². The molecule has 0 radical (unpaired) electrons. The van der Waals surface area contributed by atoms with Gasteiger partial charge in [-0.05, 0) is 31.5 Å². The molecule has 1 aromatic heterocycles. The lowest BCUT2D eigenvalue weighted by atomic mass is 9.96. The van der Waals surface area contributed by atoms with Crippen molar-refractivity contribution in [2.75, 3.05) is 0 Å². The van der Waals surface area contributed by atoms with Gasteiger partial charge in [0.1, 0.15) is 11.4 Å². The number of carbonyl (C=O) groups excluding carboxylic acids is 1. The maximum Gasteiger partial charge on any atom is 0.329 e. The first-order valence-corrected chi connectivity index (χ1v) is 7.43. The lowest BCUT2D eigenvalue weighted by Crippen LogP contribution is -2.51. The zero-order valence-electron chi connectivity index (χ0n) is 11.8. The van der Waals surface area contributed by atoms with E-state index in [0.29, 0.717) is 27.8 Å². The molecule has 0 aliphatic carbocycles. The monoisotopic (exact) mass is 309 g/mol. The summed E-state index contributed by atoms with van der Waals surface area (Å²) in [5.74, 6) is -1.96. The largest absolute Gasteiger partial charge is 0.480 e. The molecule has 0 aliphatic rings. The summed E-state index contributed by atoms with van der Waals surface area (Å²) in [6, 6.07) is 6.09. The fourth-order valence-corrected chi connectivity index (χ4v) is 3.14. The van der Waals surface area contributed by atoms with Crippen LogP contribution in [0.3, 0.4) is 0 Å². The minimum Gasteiger partial charge on any atom is -0.480 e. The standard InChI is InChI=1S/C15H16FNO3S/c1-3-7-15(2,14(19)20)17-13(18)12-8-9-10(16)5-4-6-11(9)21-12/h4-6,8H,3,7H2,1-2H3,(H,17,18)(H,19,20). The van der Waals surface area contributed by atoms with E-state index in [1.807, 2.05) is 6.92 Å². The Morgan fingerprint density at radius 1 is 1.43 bits per heavy atom. The molecule has 0 saturated carbocycles. The van der Waals surface area contributed by atoms with Gasteiger partial charge in [0.2, 0.25) is 0 Å². The van der Waals surface area contributed by atoms with Crippen LogP contribution in [0, 0.1) is 5.82 Å². The average Bonchev–Trinajstić information content (AvgIpc) is 2.84. The van der Waals surface area contributed by atoms with Gasteiger partial charge in [-0.25, -0.2) is 9.18 Å². The molecule has 21 heavy (non-hydrogen) atoms. The van der Waals surface area contributed by atoms with Crippen LogP contribution in [-0.2, 0) is 4.79 Å². The second-order valence-electron chi connectivity index (χ2n) is 5.10. The molecular formula is C15H16FNO3S. The van der Waals surface area contributed by atoms with Gasteiger partial charge in [-0.3, -0.25) is 4.79 Å². The van der Waals surface area contributed by atoms with Crippen LogP contribution < -0.4 is 5.32 Å². The molecule has 0 saturated heterocycles. The van der Waals surface area contributed by atoms with Gasteiger partial charge in [-0.2, -0.15) is 0 Å². The van der Waals surface area contributed by atoms with Crippen LogP contribution in [0.25, 0.3) is 10.1 Å². The van der Waals surface area contributed by atoms with Crippen LogP contribution in [-0.4, -0.2) is 22.5 Å². The Balaban J connectivity index is 2.30. The number of carbonyl (C=O) groups is 2. The van der Waals surface area contributed by atoms with Gasteiger partial charge < -0.3 is 10.4 Å². The molecule has 112 valence electrons. The highest BCUT2D eigenvalue weighted by Gasteiger charge is 2.34. The Kier molecular flexibility index (Phi) is 4.27. The average molecular weight is 309 g/mol. The molecule has 2 rings (SSSR count). The number of hydrogen-bond acceptors (Lipinski definition) is 3. The maximum absolute atomic E-state index is 13.6. The molecule has 0 fully saturated rings. The molecule has 2 N–H and O–H groups in total. The molecule has 0 spiro atoms.